The Morgan fingerprint density at radius 3 is 1.94 bits per heavy atom. The van der Waals surface area contributed by atoms with Crippen molar-refractivity contribution in [2.24, 2.45) is 0 Å². The van der Waals surface area contributed by atoms with E-state index in [1.54, 1.807) is 17.4 Å². The van der Waals surface area contributed by atoms with Crippen LogP contribution in [0.2, 0.25) is 0 Å². The van der Waals surface area contributed by atoms with Crippen molar-refractivity contribution >= 4 is 40.8 Å². The minimum Gasteiger partial charge on any atom is -0.275 e. The Morgan fingerprint density at radius 2 is 1.59 bits per heavy atom. The summed E-state index contributed by atoms with van der Waals surface area (Å²) in [6.45, 7) is 0. The highest BCUT2D eigenvalue weighted by molar-refractivity contribution is 8.11. The number of aromatic nitrogens is 2. The minimum atomic E-state index is 0.348. The molecular weight excluding hydrogens is 252 g/mol. The molecule has 0 atom stereocenters. The Bertz CT molecular complexity index is 450. The largest absolute Gasteiger partial charge is 0.275 e. The standard InChI is InChI=1S/C11H10N4S2/c16-11(17)14-15(9-5-1-3-7-12-9)10-6-2-4-8-13-10/h1-8H,(H2,14,16,17). The second-order valence-electron chi connectivity index (χ2n) is 3.13. The van der Waals surface area contributed by atoms with Gasteiger partial charge in [-0.15, -0.1) is 12.6 Å². The van der Waals surface area contributed by atoms with Gasteiger partial charge in [-0.05, 0) is 24.3 Å². The zero-order chi connectivity index (χ0) is 12.1. The quantitative estimate of drug-likeness (QED) is 0.505. The lowest BCUT2D eigenvalue weighted by atomic mass is 10.4. The van der Waals surface area contributed by atoms with Crippen LogP contribution in [0.3, 0.4) is 0 Å². The number of anilines is 2. The summed E-state index contributed by atoms with van der Waals surface area (Å²) in [4.78, 5) is 8.48. The third-order valence-corrected chi connectivity index (χ3v) is 2.16. The van der Waals surface area contributed by atoms with Crippen LogP contribution in [0.5, 0.6) is 0 Å². The van der Waals surface area contributed by atoms with E-state index in [4.69, 9.17) is 12.2 Å². The lowest BCUT2D eigenvalue weighted by Crippen LogP contribution is -2.36. The van der Waals surface area contributed by atoms with Gasteiger partial charge in [0.15, 0.2) is 11.6 Å². The Kier molecular flexibility index (Phi) is 3.89. The lowest BCUT2D eigenvalue weighted by molar-refractivity contribution is 0.903. The zero-order valence-electron chi connectivity index (χ0n) is 8.82. The zero-order valence-corrected chi connectivity index (χ0v) is 10.5. The molecule has 0 aliphatic heterocycles. The summed E-state index contributed by atoms with van der Waals surface area (Å²) in [7, 11) is 0. The summed E-state index contributed by atoms with van der Waals surface area (Å²) in [5.41, 5.74) is 2.92. The normalized spacial score (nSPS) is 9.71. The predicted octanol–water partition coefficient (Wildman–Crippen LogP) is 2.33. The molecule has 0 aliphatic rings. The maximum atomic E-state index is 4.93. The number of nitrogens with one attached hydrogen (secondary N) is 1. The molecule has 0 radical (unpaired) electrons. The lowest BCUT2D eigenvalue weighted by Gasteiger charge is -2.22. The smallest absolute Gasteiger partial charge is 0.153 e. The highest BCUT2D eigenvalue weighted by atomic mass is 32.1. The molecule has 0 bridgehead atoms. The van der Waals surface area contributed by atoms with Gasteiger partial charge in [0.25, 0.3) is 0 Å². The van der Waals surface area contributed by atoms with Gasteiger partial charge in [-0.3, -0.25) is 5.43 Å². The molecule has 4 nitrogen and oxygen atoms in total. The van der Waals surface area contributed by atoms with Gasteiger partial charge in [-0.1, -0.05) is 24.4 Å². The Labute approximate surface area is 110 Å². The molecule has 2 heterocycles. The van der Waals surface area contributed by atoms with Crippen LogP contribution in [-0.4, -0.2) is 14.3 Å². The molecule has 0 spiro atoms. The van der Waals surface area contributed by atoms with E-state index in [1.165, 1.54) is 0 Å². The number of nitrogens with zero attached hydrogens (tertiary/aromatic N) is 3. The van der Waals surface area contributed by atoms with Crippen molar-refractivity contribution in [3.8, 4) is 0 Å². The molecule has 2 aromatic rings. The molecule has 0 fully saturated rings. The van der Waals surface area contributed by atoms with Crippen molar-refractivity contribution in [2.45, 2.75) is 0 Å². The van der Waals surface area contributed by atoms with Gasteiger partial charge < -0.3 is 0 Å². The van der Waals surface area contributed by atoms with E-state index in [9.17, 15) is 0 Å². The molecule has 17 heavy (non-hydrogen) atoms. The van der Waals surface area contributed by atoms with Crippen molar-refractivity contribution in [3.63, 3.8) is 0 Å². The molecule has 0 amide bonds. The highest BCUT2D eigenvalue weighted by Crippen LogP contribution is 2.17. The van der Waals surface area contributed by atoms with Gasteiger partial charge in [-0.2, -0.15) is 0 Å². The van der Waals surface area contributed by atoms with E-state index in [0.29, 0.717) is 16.0 Å². The number of rotatable bonds is 3. The van der Waals surface area contributed by atoms with Gasteiger partial charge >= 0.3 is 0 Å². The first-order valence-electron chi connectivity index (χ1n) is 4.89. The van der Waals surface area contributed by atoms with Crippen molar-refractivity contribution < 1.29 is 0 Å². The number of hydrogen-bond donors (Lipinski definition) is 2. The van der Waals surface area contributed by atoms with Crippen LogP contribution in [0.1, 0.15) is 0 Å². The van der Waals surface area contributed by atoms with Gasteiger partial charge in [0.05, 0.1) is 0 Å². The van der Waals surface area contributed by atoms with Crippen LogP contribution in [0.15, 0.2) is 48.8 Å². The molecule has 6 heteroatoms. The Hall–Kier alpha value is -1.66. The molecule has 0 unspecified atom stereocenters. The Balaban J connectivity index is 2.36. The second-order valence-corrected chi connectivity index (χ2v) is 4.29. The summed E-state index contributed by atoms with van der Waals surface area (Å²) in [5, 5.41) is 1.68. The number of hydrazine groups is 1. The van der Waals surface area contributed by atoms with Gasteiger partial charge in [-0.25, -0.2) is 15.0 Å². The summed E-state index contributed by atoms with van der Waals surface area (Å²) < 4.78 is 0.348. The van der Waals surface area contributed by atoms with E-state index < -0.39 is 0 Å². The summed E-state index contributed by atoms with van der Waals surface area (Å²) in [6.07, 6.45) is 3.41. The number of thiol groups is 1. The molecule has 2 aromatic heterocycles. The van der Waals surface area contributed by atoms with Crippen LogP contribution < -0.4 is 10.4 Å². The fraction of sp³-hybridized carbons (Fsp3) is 0. The molecule has 1 N–H and O–H groups in total. The van der Waals surface area contributed by atoms with E-state index in [2.05, 4.69) is 28.0 Å². The minimum absolute atomic E-state index is 0.348. The average molecular weight is 262 g/mol. The molecule has 0 aliphatic carbocycles. The number of hydrogen-bond acceptors (Lipinski definition) is 4. The third kappa shape index (κ3) is 3.15. The van der Waals surface area contributed by atoms with E-state index in [1.807, 2.05) is 36.4 Å². The van der Waals surface area contributed by atoms with Gasteiger partial charge in [0.2, 0.25) is 0 Å². The maximum absolute atomic E-state index is 4.93. The van der Waals surface area contributed by atoms with E-state index in [-0.39, 0.29) is 0 Å². The third-order valence-electron chi connectivity index (χ3n) is 1.96. The molecule has 0 saturated carbocycles. The summed E-state index contributed by atoms with van der Waals surface area (Å²) in [6, 6.07) is 11.2. The van der Waals surface area contributed by atoms with Crippen LogP contribution in [0.25, 0.3) is 0 Å². The van der Waals surface area contributed by atoms with E-state index >= 15 is 0 Å². The van der Waals surface area contributed by atoms with Crippen molar-refractivity contribution in [1.29, 1.82) is 0 Å². The second kappa shape index (κ2) is 5.60. The monoisotopic (exact) mass is 262 g/mol. The van der Waals surface area contributed by atoms with Crippen LogP contribution in [-0.2, 0) is 0 Å². The van der Waals surface area contributed by atoms with Gasteiger partial charge in [0.1, 0.15) is 4.32 Å². The highest BCUT2D eigenvalue weighted by Gasteiger charge is 2.11. The molecule has 2 rings (SSSR count). The first kappa shape index (κ1) is 11.8. The fourth-order valence-electron chi connectivity index (χ4n) is 1.30. The van der Waals surface area contributed by atoms with Crippen molar-refractivity contribution in [3.05, 3.63) is 48.8 Å². The Morgan fingerprint density at radius 1 is 1.06 bits per heavy atom. The summed E-state index contributed by atoms with van der Waals surface area (Å²) in [5.74, 6) is 1.39. The predicted molar refractivity (Wildman–Crippen MR) is 75.3 cm³/mol. The first-order valence-corrected chi connectivity index (χ1v) is 5.74. The first-order chi connectivity index (χ1) is 8.27. The van der Waals surface area contributed by atoms with Crippen LogP contribution in [0, 0.1) is 0 Å². The maximum Gasteiger partial charge on any atom is 0.153 e. The molecule has 0 aromatic carbocycles. The molecule has 86 valence electrons. The average Bonchev–Trinajstić information content (AvgIpc) is 2.38. The molecule has 0 saturated heterocycles. The van der Waals surface area contributed by atoms with E-state index in [0.717, 1.165) is 0 Å². The van der Waals surface area contributed by atoms with Crippen molar-refractivity contribution in [2.75, 3.05) is 5.01 Å². The van der Waals surface area contributed by atoms with Gasteiger partial charge in [0, 0.05) is 12.4 Å². The number of thiocarbonyl (C=S) groups is 1. The topological polar surface area (TPSA) is 41.0 Å². The summed E-state index contributed by atoms with van der Waals surface area (Å²) >= 11 is 8.99. The van der Waals surface area contributed by atoms with Crippen LogP contribution in [0.4, 0.5) is 11.6 Å². The SMILES string of the molecule is S=C(S)NN(c1ccccn1)c1ccccn1. The van der Waals surface area contributed by atoms with Crippen molar-refractivity contribution in [1.82, 2.24) is 15.4 Å². The fourth-order valence-corrected chi connectivity index (χ4v) is 1.49. The number of pyridine rings is 2. The van der Waals surface area contributed by atoms with Crippen LogP contribution >= 0.6 is 24.8 Å². The molecular formula is C11H10N4S2.